The fraction of sp³-hybridized carbons (Fsp3) is 0.231. The highest BCUT2D eigenvalue weighted by atomic mass is 32.2. The van der Waals surface area contributed by atoms with Crippen LogP contribution in [0.3, 0.4) is 0 Å². The van der Waals surface area contributed by atoms with E-state index in [9.17, 15) is 18.0 Å². The number of nitrogens with one attached hydrogen (secondary N) is 2. The van der Waals surface area contributed by atoms with Gasteiger partial charge in [-0.1, -0.05) is 18.2 Å². The van der Waals surface area contributed by atoms with E-state index in [1.54, 1.807) is 47.4 Å². The minimum Gasteiger partial charge on any atom is -0.348 e. The summed E-state index contributed by atoms with van der Waals surface area (Å²) in [5.41, 5.74) is 4.51. The van der Waals surface area contributed by atoms with E-state index in [1.165, 1.54) is 0 Å². The lowest BCUT2D eigenvalue weighted by atomic mass is 10.1. The molecule has 1 aliphatic rings. The summed E-state index contributed by atoms with van der Waals surface area (Å²) in [4.78, 5) is 26.4. The molecule has 0 bridgehead atoms. The molecule has 176 valence electrons. The van der Waals surface area contributed by atoms with Crippen LogP contribution in [-0.4, -0.2) is 26.8 Å². The number of nitrogens with zero attached hydrogens (tertiary/aromatic N) is 1. The number of hydrogen-bond acceptors (Lipinski definition) is 4. The van der Waals surface area contributed by atoms with E-state index >= 15 is 0 Å². The van der Waals surface area contributed by atoms with E-state index in [1.807, 2.05) is 38.1 Å². The van der Waals surface area contributed by atoms with E-state index in [0.717, 1.165) is 35.3 Å². The first-order valence-electron chi connectivity index (χ1n) is 11.1. The van der Waals surface area contributed by atoms with Crippen LogP contribution in [0.2, 0.25) is 0 Å². The smallest absolute Gasteiger partial charge is 0.261 e. The van der Waals surface area contributed by atoms with Gasteiger partial charge in [0.2, 0.25) is 5.91 Å². The fourth-order valence-electron chi connectivity index (χ4n) is 3.78. The van der Waals surface area contributed by atoms with Crippen LogP contribution in [0.1, 0.15) is 39.9 Å². The third-order valence-electron chi connectivity index (χ3n) is 5.96. The maximum absolute atomic E-state index is 12.7. The molecule has 1 heterocycles. The number of carbonyl (C=O) groups is 2. The number of carbonyl (C=O) groups excluding carboxylic acids is 2. The summed E-state index contributed by atoms with van der Waals surface area (Å²) in [6, 6.07) is 18.8. The van der Waals surface area contributed by atoms with E-state index < -0.39 is 10.0 Å². The predicted molar refractivity (Wildman–Crippen MR) is 132 cm³/mol. The Balaban J connectivity index is 1.34. The zero-order valence-corrected chi connectivity index (χ0v) is 20.0. The first kappa shape index (κ1) is 23.5. The predicted octanol–water partition coefficient (Wildman–Crippen LogP) is 4.16. The molecule has 1 aliphatic heterocycles. The summed E-state index contributed by atoms with van der Waals surface area (Å²) < 4.78 is 27.9. The van der Waals surface area contributed by atoms with Crippen LogP contribution in [0.15, 0.2) is 71.6 Å². The van der Waals surface area contributed by atoms with Crippen LogP contribution in [0.5, 0.6) is 0 Å². The Labute approximate surface area is 199 Å². The largest absolute Gasteiger partial charge is 0.348 e. The second-order valence-corrected chi connectivity index (χ2v) is 10.1. The van der Waals surface area contributed by atoms with Crippen molar-refractivity contribution in [1.82, 2.24) is 5.32 Å². The van der Waals surface area contributed by atoms with Gasteiger partial charge >= 0.3 is 0 Å². The summed E-state index contributed by atoms with van der Waals surface area (Å²) in [6.07, 6.45) is 1.46. The highest BCUT2D eigenvalue weighted by Crippen LogP contribution is 2.22. The second kappa shape index (κ2) is 9.69. The highest BCUT2D eigenvalue weighted by Gasteiger charge is 2.21. The molecular weight excluding hydrogens is 450 g/mol. The molecule has 3 aromatic rings. The van der Waals surface area contributed by atoms with Gasteiger partial charge in [0.15, 0.2) is 0 Å². The summed E-state index contributed by atoms with van der Waals surface area (Å²) in [5.74, 6) is -0.122. The molecule has 0 aromatic heterocycles. The summed E-state index contributed by atoms with van der Waals surface area (Å²) in [6.45, 7) is 4.87. The van der Waals surface area contributed by atoms with Gasteiger partial charge in [-0.25, -0.2) is 8.42 Å². The Morgan fingerprint density at radius 3 is 2.26 bits per heavy atom. The van der Waals surface area contributed by atoms with Crippen molar-refractivity contribution in [1.29, 1.82) is 0 Å². The highest BCUT2D eigenvalue weighted by molar-refractivity contribution is 7.92. The van der Waals surface area contributed by atoms with E-state index in [-0.39, 0.29) is 16.7 Å². The average molecular weight is 478 g/mol. The first-order valence-corrected chi connectivity index (χ1v) is 12.6. The van der Waals surface area contributed by atoms with Gasteiger partial charge in [0, 0.05) is 36.4 Å². The van der Waals surface area contributed by atoms with Crippen molar-refractivity contribution in [2.45, 2.75) is 38.1 Å². The zero-order chi connectivity index (χ0) is 24.3. The molecule has 1 saturated heterocycles. The van der Waals surface area contributed by atoms with Gasteiger partial charge in [-0.05, 0) is 85.5 Å². The van der Waals surface area contributed by atoms with Crippen LogP contribution in [0.4, 0.5) is 11.4 Å². The monoisotopic (exact) mass is 477 g/mol. The normalized spacial score (nSPS) is 13.7. The van der Waals surface area contributed by atoms with Gasteiger partial charge in [0.05, 0.1) is 4.90 Å². The van der Waals surface area contributed by atoms with Crippen LogP contribution in [0, 0.1) is 13.8 Å². The van der Waals surface area contributed by atoms with E-state index in [4.69, 9.17) is 0 Å². The SMILES string of the molecule is Cc1ccc(S(=O)(=O)Nc2ccc(C(=O)NCc3ccc(N4CCCC4=O)cc3)cc2)cc1C. The van der Waals surface area contributed by atoms with Crippen LogP contribution < -0.4 is 14.9 Å². The van der Waals surface area contributed by atoms with Gasteiger partial charge in [-0.3, -0.25) is 14.3 Å². The minimum atomic E-state index is -3.72. The fourth-order valence-corrected chi connectivity index (χ4v) is 4.93. The molecule has 0 unspecified atom stereocenters. The Bertz CT molecular complexity index is 1320. The zero-order valence-electron chi connectivity index (χ0n) is 19.2. The van der Waals surface area contributed by atoms with Crippen molar-refractivity contribution in [2.24, 2.45) is 0 Å². The molecular formula is C26H27N3O4S. The quantitative estimate of drug-likeness (QED) is 0.534. The van der Waals surface area contributed by atoms with Crippen molar-refractivity contribution in [3.05, 3.63) is 89.0 Å². The maximum atomic E-state index is 12.7. The van der Waals surface area contributed by atoms with Gasteiger partial charge < -0.3 is 10.2 Å². The lowest BCUT2D eigenvalue weighted by molar-refractivity contribution is -0.117. The first-order chi connectivity index (χ1) is 16.2. The van der Waals surface area contributed by atoms with Crippen molar-refractivity contribution >= 4 is 33.2 Å². The van der Waals surface area contributed by atoms with Gasteiger partial charge in [0.25, 0.3) is 15.9 Å². The van der Waals surface area contributed by atoms with Gasteiger partial charge in [-0.2, -0.15) is 0 Å². The summed E-state index contributed by atoms with van der Waals surface area (Å²) >= 11 is 0. The standard InChI is InChI=1S/C26H27N3O4S/c1-18-5-14-24(16-19(18)2)34(32,33)28-22-10-8-21(9-11-22)26(31)27-17-20-6-12-23(13-7-20)29-15-3-4-25(29)30/h5-14,16,28H,3-4,15,17H2,1-2H3,(H,27,31). The average Bonchev–Trinajstić information content (AvgIpc) is 3.25. The molecule has 2 amide bonds. The molecule has 0 aliphatic carbocycles. The molecule has 1 fully saturated rings. The number of anilines is 2. The van der Waals surface area contributed by atoms with Gasteiger partial charge in [-0.15, -0.1) is 0 Å². The number of hydrogen-bond donors (Lipinski definition) is 2. The van der Waals surface area contributed by atoms with Gasteiger partial charge in [0.1, 0.15) is 0 Å². The lowest BCUT2D eigenvalue weighted by Crippen LogP contribution is -2.24. The molecule has 8 heteroatoms. The van der Waals surface area contributed by atoms with Crippen molar-refractivity contribution in [3.8, 4) is 0 Å². The molecule has 0 atom stereocenters. The molecule has 2 N–H and O–H groups in total. The molecule has 7 nitrogen and oxygen atoms in total. The number of benzene rings is 3. The Hall–Kier alpha value is -3.65. The van der Waals surface area contributed by atoms with Crippen LogP contribution in [0.25, 0.3) is 0 Å². The minimum absolute atomic E-state index is 0.140. The Morgan fingerprint density at radius 1 is 0.941 bits per heavy atom. The van der Waals surface area contributed by atoms with Crippen LogP contribution in [-0.2, 0) is 21.4 Å². The third-order valence-corrected chi connectivity index (χ3v) is 7.34. The van der Waals surface area contributed by atoms with Crippen molar-refractivity contribution in [2.75, 3.05) is 16.2 Å². The second-order valence-electron chi connectivity index (χ2n) is 8.43. The van der Waals surface area contributed by atoms with E-state index in [2.05, 4.69) is 10.0 Å². The maximum Gasteiger partial charge on any atom is 0.261 e. The molecule has 3 aromatic carbocycles. The molecule has 4 rings (SSSR count). The Kier molecular flexibility index (Phi) is 6.70. The van der Waals surface area contributed by atoms with E-state index in [0.29, 0.717) is 24.2 Å². The Morgan fingerprint density at radius 2 is 1.65 bits per heavy atom. The topological polar surface area (TPSA) is 95.6 Å². The summed E-state index contributed by atoms with van der Waals surface area (Å²) in [5, 5.41) is 2.86. The number of sulfonamides is 1. The molecule has 0 spiro atoms. The number of rotatable bonds is 7. The van der Waals surface area contributed by atoms with Crippen LogP contribution >= 0.6 is 0 Å². The lowest BCUT2D eigenvalue weighted by Gasteiger charge is -2.16. The summed E-state index contributed by atoms with van der Waals surface area (Å²) in [7, 11) is -3.72. The van der Waals surface area contributed by atoms with Crippen molar-refractivity contribution < 1.29 is 18.0 Å². The number of amides is 2. The number of aryl methyl sites for hydroxylation is 2. The molecule has 34 heavy (non-hydrogen) atoms. The molecule has 0 radical (unpaired) electrons. The van der Waals surface area contributed by atoms with Crippen molar-refractivity contribution in [3.63, 3.8) is 0 Å². The molecule has 0 saturated carbocycles. The third kappa shape index (κ3) is 5.28.